The highest BCUT2D eigenvalue weighted by molar-refractivity contribution is 6.05. The zero-order chi connectivity index (χ0) is 21.9. The molecule has 4 N–H and O–H groups in total. The number of anilines is 1. The summed E-state index contributed by atoms with van der Waals surface area (Å²) in [5.41, 5.74) is 7.30. The van der Waals surface area contributed by atoms with Crippen LogP contribution in [0.15, 0.2) is 66.7 Å². The number of carbonyl (C=O) groups excluding carboxylic acids is 2. The van der Waals surface area contributed by atoms with Crippen molar-refractivity contribution in [3.63, 3.8) is 0 Å². The van der Waals surface area contributed by atoms with E-state index in [-0.39, 0.29) is 17.1 Å². The summed E-state index contributed by atoms with van der Waals surface area (Å²) in [5.74, 6) is 0.248. The normalized spacial score (nSPS) is 11.0. The number of phenolic OH excluding ortho intramolecular Hbond substituents is 1. The number of nitrogens with two attached hydrogens (primary N) is 1. The molecule has 0 aromatic heterocycles. The molecule has 0 fully saturated rings. The van der Waals surface area contributed by atoms with Crippen molar-refractivity contribution in [2.24, 2.45) is 5.73 Å². The fourth-order valence-electron chi connectivity index (χ4n) is 2.79. The van der Waals surface area contributed by atoms with Gasteiger partial charge in [0.05, 0.1) is 5.69 Å². The smallest absolute Gasteiger partial charge is 0.255 e. The summed E-state index contributed by atoms with van der Waals surface area (Å²) < 4.78 is 5.71. The lowest BCUT2D eigenvalue weighted by Gasteiger charge is -2.20. The summed E-state index contributed by atoms with van der Waals surface area (Å²) in [6, 6.07) is 18.3. The number of ether oxygens (including phenoxy) is 1. The quantitative estimate of drug-likeness (QED) is 0.530. The molecule has 3 rings (SSSR count). The zero-order valence-corrected chi connectivity index (χ0v) is 17.1. The number of aromatic hydroxyl groups is 1. The van der Waals surface area contributed by atoms with Crippen LogP contribution in [-0.4, -0.2) is 16.9 Å². The average molecular weight is 404 g/mol. The van der Waals surface area contributed by atoms with Crippen LogP contribution in [0.1, 0.15) is 47.1 Å². The molecule has 6 nitrogen and oxygen atoms in total. The second-order valence-electron chi connectivity index (χ2n) is 7.95. The van der Waals surface area contributed by atoms with Crippen LogP contribution in [0.2, 0.25) is 0 Å². The highest BCUT2D eigenvalue weighted by Crippen LogP contribution is 2.31. The molecule has 0 saturated carbocycles. The maximum absolute atomic E-state index is 12.6. The molecule has 3 aromatic carbocycles. The highest BCUT2D eigenvalue weighted by atomic mass is 16.5. The lowest BCUT2D eigenvalue weighted by molar-refractivity contribution is 0.0997. The molecule has 0 heterocycles. The van der Waals surface area contributed by atoms with Gasteiger partial charge in [0.15, 0.2) is 0 Å². The Hall–Kier alpha value is -3.80. The summed E-state index contributed by atoms with van der Waals surface area (Å²) in [5, 5.41) is 12.8. The minimum atomic E-state index is -0.504. The zero-order valence-electron chi connectivity index (χ0n) is 17.1. The van der Waals surface area contributed by atoms with Crippen LogP contribution in [0, 0.1) is 0 Å². The number of nitrogens with one attached hydrogen (secondary N) is 1. The Kier molecular flexibility index (Phi) is 5.78. The molecule has 3 aromatic rings. The van der Waals surface area contributed by atoms with Gasteiger partial charge in [0.1, 0.15) is 17.2 Å². The van der Waals surface area contributed by atoms with Gasteiger partial charge in [-0.25, -0.2) is 0 Å². The molecule has 0 radical (unpaired) electrons. The molecular formula is C24H24N2O4. The van der Waals surface area contributed by atoms with Crippen molar-refractivity contribution in [1.29, 1.82) is 0 Å². The fourth-order valence-corrected chi connectivity index (χ4v) is 2.79. The number of benzene rings is 3. The molecule has 0 spiro atoms. The van der Waals surface area contributed by atoms with Gasteiger partial charge < -0.3 is 20.9 Å². The van der Waals surface area contributed by atoms with Gasteiger partial charge in [-0.05, 0) is 71.6 Å². The first-order valence-corrected chi connectivity index (χ1v) is 9.46. The van der Waals surface area contributed by atoms with E-state index in [1.807, 2.05) is 6.07 Å². The molecule has 6 heteroatoms. The van der Waals surface area contributed by atoms with Crippen molar-refractivity contribution in [2.45, 2.75) is 26.2 Å². The van der Waals surface area contributed by atoms with E-state index in [0.717, 1.165) is 5.56 Å². The molecule has 30 heavy (non-hydrogen) atoms. The number of primary amides is 1. The second kappa shape index (κ2) is 8.29. The fraction of sp³-hybridized carbons (Fsp3) is 0.167. The van der Waals surface area contributed by atoms with Gasteiger partial charge in [-0.1, -0.05) is 26.8 Å². The molecule has 0 aliphatic carbocycles. The number of carbonyl (C=O) groups is 2. The van der Waals surface area contributed by atoms with Crippen LogP contribution in [0.4, 0.5) is 5.69 Å². The molecule has 0 unspecified atom stereocenters. The van der Waals surface area contributed by atoms with E-state index >= 15 is 0 Å². The predicted octanol–water partition coefficient (Wildman–Crippen LogP) is 4.83. The maximum atomic E-state index is 12.6. The number of hydrogen-bond acceptors (Lipinski definition) is 4. The lowest BCUT2D eigenvalue weighted by atomic mass is 9.87. The van der Waals surface area contributed by atoms with Crippen molar-refractivity contribution in [1.82, 2.24) is 0 Å². The van der Waals surface area contributed by atoms with E-state index in [1.165, 1.54) is 0 Å². The van der Waals surface area contributed by atoms with E-state index in [1.54, 1.807) is 60.7 Å². The molecule has 2 amide bonds. The molecule has 0 aliphatic rings. The Bertz CT molecular complexity index is 1070. The molecule has 0 atom stereocenters. The van der Waals surface area contributed by atoms with Crippen LogP contribution < -0.4 is 15.8 Å². The van der Waals surface area contributed by atoms with Crippen molar-refractivity contribution >= 4 is 17.5 Å². The Labute approximate surface area is 175 Å². The van der Waals surface area contributed by atoms with Gasteiger partial charge in [0.25, 0.3) is 5.91 Å². The first kappa shape index (κ1) is 20.9. The SMILES string of the molecule is CC(C)(C)c1ccc(O)c(NC(=O)c2ccc(Oc3ccc(C(N)=O)cc3)cc2)c1. The van der Waals surface area contributed by atoms with Crippen molar-refractivity contribution in [2.75, 3.05) is 5.32 Å². The third-order valence-corrected chi connectivity index (χ3v) is 4.60. The van der Waals surface area contributed by atoms with Crippen LogP contribution in [0.5, 0.6) is 17.2 Å². The molecule has 0 bridgehead atoms. The number of phenols is 1. The minimum absolute atomic E-state index is 0.00992. The first-order chi connectivity index (χ1) is 14.1. The third kappa shape index (κ3) is 4.97. The summed E-state index contributed by atoms with van der Waals surface area (Å²) in [6.45, 7) is 6.18. The summed E-state index contributed by atoms with van der Waals surface area (Å²) in [7, 11) is 0. The van der Waals surface area contributed by atoms with E-state index in [4.69, 9.17) is 10.5 Å². The van der Waals surface area contributed by atoms with Crippen molar-refractivity contribution in [3.05, 3.63) is 83.4 Å². The standard InChI is InChI=1S/C24H24N2O4/c1-24(2,3)17-8-13-21(27)20(14-17)26-23(29)16-6-11-19(12-7-16)30-18-9-4-15(5-10-18)22(25)28/h4-14,27H,1-3H3,(H2,25,28)(H,26,29). The van der Waals surface area contributed by atoms with Gasteiger partial charge in [-0.15, -0.1) is 0 Å². The van der Waals surface area contributed by atoms with E-state index in [2.05, 4.69) is 26.1 Å². The molecule has 0 aliphatic heterocycles. The molecule has 0 saturated heterocycles. The van der Waals surface area contributed by atoms with Gasteiger partial charge in [-0.3, -0.25) is 9.59 Å². The number of hydrogen-bond donors (Lipinski definition) is 3. The predicted molar refractivity (Wildman–Crippen MR) is 116 cm³/mol. The minimum Gasteiger partial charge on any atom is -0.506 e. The lowest BCUT2D eigenvalue weighted by Crippen LogP contribution is -2.14. The van der Waals surface area contributed by atoms with Gasteiger partial charge in [0, 0.05) is 11.1 Å². The van der Waals surface area contributed by atoms with E-state index in [9.17, 15) is 14.7 Å². The van der Waals surface area contributed by atoms with Crippen molar-refractivity contribution < 1.29 is 19.4 Å². The summed E-state index contributed by atoms with van der Waals surface area (Å²) in [6.07, 6.45) is 0. The summed E-state index contributed by atoms with van der Waals surface area (Å²) >= 11 is 0. The summed E-state index contributed by atoms with van der Waals surface area (Å²) in [4.78, 5) is 23.7. The van der Waals surface area contributed by atoms with E-state index in [0.29, 0.717) is 28.3 Å². The maximum Gasteiger partial charge on any atom is 0.255 e. The van der Waals surface area contributed by atoms with E-state index < -0.39 is 5.91 Å². The van der Waals surface area contributed by atoms with Crippen LogP contribution in [-0.2, 0) is 5.41 Å². The topological polar surface area (TPSA) is 102 Å². The first-order valence-electron chi connectivity index (χ1n) is 9.46. The van der Waals surface area contributed by atoms with Gasteiger partial charge in [0.2, 0.25) is 5.91 Å². The average Bonchev–Trinajstić information content (AvgIpc) is 2.69. The number of amides is 2. The third-order valence-electron chi connectivity index (χ3n) is 4.60. The Morgan fingerprint density at radius 2 is 1.40 bits per heavy atom. The van der Waals surface area contributed by atoms with Crippen LogP contribution in [0.3, 0.4) is 0 Å². The van der Waals surface area contributed by atoms with Crippen molar-refractivity contribution in [3.8, 4) is 17.2 Å². The van der Waals surface area contributed by atoms with Crippen LogP contribution >= 0.6 is 0 Å². The molecule has 154 valence electrons. The monoisotopic (exact) mass is 404 g/mol. The molecular weight excluding hydrogens is 380 g/mol. The highest BCUT2D eigenvalue weighted by Gasteiger charge is 2.17. The number of rotatable bonds is 5. The Morgan fingerprint density at radius 1 is 0.867 bits per heavy atom. The van der Waals surface area contributed by atoms with Gasteiger partial charge >= 0.3 is 0 Å². The Balaban J connectivity index is 1.70. The van der Waals surface area contributed by atoms with Gasteiger partial charge in [-0.2, -0.15) is 0 Å². The largest absolute Gasteiger partial charge is 0.506 e. The Morgan fingerprint density at radius 3 is 1.90 bits per heavy atom. The van der Waals surface area contributed by atoms with Crippen LogP contribution in [0.25, 0.3) is 0 Å². The second-order valence-corrected chi connectivity index (χ2v) is 7.95.